The molecule has 120 valence electrons. The topological polar surface area (TPSA) is 33.6 Å². The van der Waals surface area contributed by atoms with Gasteiger partial charge in [-0.05, 0) is 80.6 Å². The first-order valence-electron chi connectivity index (χ1n) is 8.57. The van der Waals surface area contributed by atoms with Gasteiger partial charge in [0.1, 0.15) is 5.82 Å². The lowest BCUT2D eigenvalue weighted by Crippen LogP contribution is -2.49. The summed E-state index contributed by atoms with van der Waals surface area (Å²) >= 11 is 12.0. The smallest absolute Gasteiger partial charge is 0.199 e. The fraction of sp³-hybridized carbons (Fsp3) is 0.556. The summed E-state index contributed by atoms with van der Waals surface area (Å²) in [4.78, 5) is 0. The summed E-state index contributed by atoms with van der Waals surface area (Å²) in [5.74, 6) is 3.76. The average Bonchev–Trinajstić information content (AvgIpc) is 2.89. The maximum Gasteiger partial charge on any atom is 0.199 e. The minimum Gasteiger partial charge on any atom is -0.270 e. The molecular formula is C18H20ClN3S. The van der Waals surface area contributed by atoms with Gasteiger partial charge in [0.25, 0.3) is 0 Å². The van der Waals surface area contributed by atoms with E-state index in [4.69, 9.17) is 28.9 Å². The number of halogens is 1. The van der Waals surface area contributed by atoms with Crippen LogP contribution in [0.2, 0.25) is 5.02 Å². The quantitative estimate of drug-likeness (QED) is 0.772. The molecule has 0 atom stereocenters. The number of aromatic amines is 1. The molecule has 4 saturated carbocycles. The zero-order valence-electron chi connectivity index (χ0n) is 13.0. The van der Waals surface area contributed by atoms with E-state index < -0.39 is 0 Å². The lowest BCUT2D eigenvalue weighted by molar-refractivity contribution is -0.0102. The van der Waals surface area contributed by atoms with Crippen LogP contribution in [0, 0.1) is 22.5 Å². The SMILES string of the molecule is S=c1[nH]nc(C23CC4CC(CC(C4)C2)C3)n1-c1ccccc1Cl. The molecule has 0 aliphatic heterocycles. The Hall–Kier alpha value is -1.13. The van der Waals surface area contributed by atoms with Crippen LogP contribution in [0.3, 0.4) is 0 Å². The lowest BCUT2D eigenvalue weighted by Gasteiger charge is -2.56. The maximum atomic E-state index is 6.46. The summed E-state index contributed by atoms with van der Waals surface area (Å²) in [5.41, 5.74) is 1.15. The Labute approximate surface area is 146 Å². The van der Waals surface area contributed by atoms with Crippen molar-refractivity contribution in [3.8, 4) is 5.69 Å². The largest absolute Gasteiger partial charge is 0.270 e. The van der Waals surface area contributed by atoms with Crippen molar-refractivity contribution in [2.45, 2.75) is 43.9 Å². The Morgan fingerprint density at radius 3 is 2.30 bits per heavy atom. The molecule has 1 N–H and O–H groups in total. The molecule has 2 aromatic rings. The van der Waals surface area contributed by atoms with Gasteiger partial charge in [0.15, 0.2) is 4.77 Å². The Morgan fingerprint density at radius 2 is 1.70 bits per heavy atom. The standard InChI is InChI=1S/C18H20ClN3S/c19-14-3-1-2-4-15(14)22-16(20-21-17(22)23)18-8-11-5-12(9-18)7-13(6-11)10-18/h1-4,11-13H,5-10H2,(H,21,23). The Balaban J connectivity index is 1.68. The van der Waals surface area contributed by atoms with Gasteiger partial charge >= 0.3 is 0 Å². The van der Waals surface area contributed by atoms with Crippen LogP contribution in [0.25, 0.3) is 5.69 Å². The van der Waals surface area contributed by atoms with Gasteiger partial charge in [-0.3, -0.25) is 9.67 Å². The van der Waals surface area contributed by atoms with Crippen molar-refractivity contribution in [1.29, 1.82) is 0 Å². The van der Waals surface area contributed by atoms with Crippen molar-refractivity contribution in [3.05, 3.63) is 39.9 Å². The molecule has 4 aliphatic carbocycles. The summed E-state index contributed by atoms with van der Waals surface area (Å²) in [5, 5.41) is 8.49. The predicted octanol–water partition coefficient (Wildman–Crippen LogP) is 5.05. The Kier molecular flexibility index (Phi) is 3.05. The zero-order chi connectivity index (χ0) is 15.6. The van der Waals surface area contributed by atoms with Crippen LogP contribution in [-0.2, 0) is 5.41 Å². The van der Waals surface area contributed by atoms with Gasteiger partial charge in [-0.2, -0.15) is 5.10 Å². The molecule has 5 heteroatoms. The third kappa shape index (κ3) is 2.07. The number of rotatable bonds is 2. The molecule has 4 fully saturated rings. The Morgan fingerprint density at radius 1 is 1.09 bits per heavy atom. The molecule has 1 heterocycles. The molecule has 0 spiro atoms. The van der Waals surface area contributed by atoms with Crippen LogP contribution >= 0.6 is 23.8 Å². The highest BCUT2D eigenvalue weighted by Gasteiger charge is 2.53. The zero-order valence-corrected chi connectivity index (χ0v) is 14.5. The molecule has 4 bridgehead atoms. The van der Waals surface area contributed by atoms with Gasteiger partial charge in [-0.25, -0.2) is 0 Å². The molecule has 0 amide bonds. The highest BCUT2D eigenvalue weighted by atomic mass is 35.5. The minimum atomic E-state index is 0.196. The van der Waals surface area contributed by atoms with Crippen molar-refractivity contribution in [1.82, 2.24) is 14.8 Å². The fourth-order valence-corrected chi connectivity index (χ4v) is 6.34. The fourth-order valence-electron chi connectivity index (χ4n) is 5.89. The number of hydrogen-bond donors (Lipinski definition) is 1. The van der Waals surface area contributed by atoms with Crippen molar-refractivity contribution < 1.29 is 0 Å². The molecule has 6 rings (SSSR count). The van der Waals surface area contributed by atoms with E-state index in [1.807, 2.05) is 24.3 Å². The molecule has 1 aromatic heterocycles. The number of hydrogen-bond acceptors (Lipinski definition) is 2. The third-order valence-electron chi connectivity index (χ3n) is 6.28. The lowest BCUT2D eigenvalue weighted by atomic mass is 9.49. The van der Waals surface area contributed by atoms with E-state index in [0.717, 1.165) is 34.3 Å². The van der Waals surface area contributed by atoms with Gasteiger partial charge in [0.2, 0.25) is 0 Å². The van der Waals surface area contributed by atoms with Crippen molar-refractivity contribution in [2.75, 3.05) is 0 Å². The van der Waals surface area contributed by atoms with Gasteiger partial charge in [-0.15, -0.1) is 0 Å². The van der Waals surface area contributed by atoms with E-state index in [0.29, 0.717) is 4.77 Å². The summed E-state index contributed by atoms with van der Waals surface area (Å²) in [6.45, 7) is 0. The number of para-hydroxylation sites is 1. The first kappa shape index (κ1) is 14.2. The second-order valence-corrected chi connectivity index (χ2v) is 8.63. The van der Waals surface area contributed by atoms with Gasteiger partial charge < -0.3 is 0 Å². The molecule has 0 radical (unpaired) electrons. The molecule has 0 unspecified atom stereocenters. The highest BCUT2D eigenvalue weighted by Crippen LogP contribution is 2.60. The van der Waals surface area contributed by atoms with Crippen LogP contribution in [-0.4, -0.2) is 14.8 Å². The van der Waals surface area contributed by atoms with E-state index in [2.05, 4.69) is 9.67 Å². The monoisotopic (exact) mass is 345 g/mol. The molecule has 4 aliphatic rings. The molecule has 23 heavy (non-hydrogen) atoms. The van der Waals surface area contributed by atoms with Crippen molar-refractivity contribution >= 4 is 23.8 Å². The van der Waals surface area contributed by atoms with Crippen molar-refractivity contribution in [3.63, 3.8) is 0 Å². The van der Waals surface area contributed by atoms with Crippen LogP contribution in [0.5, 0.6) is 0 Å². The van der Waals surface area contributed by atoms with E-state index in [1.54, 1.807) is 0 Å². The number of nitrogens with zero attached hydrogens (tertiary/aromatic N) is 2. The number of nitrogens with one attached hydrogen (secondary N) is 1. The van der Waals surface area contributed by atoms with E-state index in [-0.39, 0.29) is 5.41 Å². The van der Waals surface area contributed by atoms with E-state index >= 15 is 0 Å². The van der Waals surface area contributed by atoms with Crippen LogP contribution in [0.15, 0.2) is 24.3 Å². The minimum absolute atomic E-state index is 0.196. The summed E-state index contributed by atoms with van der Waals surface area (Å²) in [6.07, 6.45) is 8.08. The van der Waals surface area contributed by atoms with Gasteiger partial charge in [0.05, 0.1) is 10.7 Å². The van der Waals surface area contributed by atoms with Gasteiger partial charge in [-0.1, -0.05) is 23.7 Å². The van der Waals surface area contributed by atoms with Gasteiger partial charge in [0, 0.05) is 5.41 Å². The normalized spacial score (nSPS) is 34.9. The second-order valence-electron chi connectivity index (χ2n) is 7.84. The number of H-pyrrole nitrogens is 1. The summed E-state index contributed by atoms with van der Waals surface area (Å²) in [6, 6.07) is 7.94. The molecule has 0 saturated heterocycles. The highest BCUT2D eigenvalue weighted by molar-refractivity contribution is 7.71. The van der Waals surface area contributed by atoms with Crippen LogP contribution < -0.4 is 0 Å². The summed E-state index contributed by atoms with van der Waals surface area (Å²) < 4.78 is 2.76. The van der Waals surface area contributed by atoms with E-state index in [1.165, 1.54) is 38.5 Å². The molecule has 1 aromatic carbocycles. The molecule has 3 nitrogen and oxygen atoms in total. The summed E-state index contributed by atoms with van der Waals surface area (Å²) in [7, 11) is 0. The first-order valence-corrected chi connectivity index (χ1v) is 9.36. The molecular weight excluding hydrogens is 326 g/mol. The van der Waals surface area contributed by atoms with Crippen LogP contribution in [0.4, 0.5) is 0 Å². The number of benzene rings is 1. The maximum absolute atomic E-state index is 6.46. The average molecular weight is 346 g/mol. The van der Waals surface area contributed by atoms with E-state index in [9.17, 15) is 0 Å². The first-order chi connectivity index (χ1) is 11.1. The Bertz CT molecular complexity index is 786. The van der Waals surface area contributed by atoms with Crippen molar-refractivity contribution in [2.24, 2.45) is 17.8 Å². The third-order valence-corrected chi connectivity index (χ3v) is 6.87. The number of aromatic nitrogens is 3. The predicted molar refractivity (Wildman–Crippen MR) is 93.6 cm³/mol. The second kappa shape index (κ2) is 4.93. The van der Waals surface area contributed by atoms with Crippen LogP contribution in [0.1, 0.15) is 44.3 Å².